The molecule has 2 saturated carbocycles. The van der Waals surface area contributed by atoms with Gasteiger partial charge in [-0.1, -0.05) is 48.0 Å². The monoisotopic (exact) mass is 648 g/mol. The average molecular weight is 649 g/mol. The number of alkyl halides is 3. The number of nitrogens with one attached hydrogen (secondary N) is 4. The summed E-state index contributed by atoms with van der Waals surface area (Å²) in [5, 5.41) is 19.0. The van der Waals surface area contributed by atoms with E-state index >= 15 is 0 Å². The lowest BCUT2D eigenvalue weighted by molar-refractivity contribution is -0.195. The van der Waals surface area contributed by atoms with E-state index in [1.165, 1.54) is 18.5 Å². The van der Waals surface area contributed by atoms with E-state index in [1.54, 1.807) is 19.1 Å². The molecule has 2 aromatic heterocycles. The molecule has 0 saturated heterocycles. The van der Waals surface area contributed by atoms with Crippen LogP contribution in [0.5, 0.6) is 0 Å². The molecule has 3 heterocycles. The third-order valence-corrected chi connectivity index (χ3v) is 9.21. The van der Waals surface area contributed by atoms with Crippen molar-refractivity contribution in [1.29, 1.82) is 5.26 Å². The van der Waals surface area contributed by atoms with Gasteiger partial charge in [-0.3, -0.25) is 9.99 Å². The molecule has 0 amide bonds. The minimum absolute atomic E-state index is 0.0387. The molecule has 4 aromatic rings. The zero-order valence-corrected chi connectivity index (χ0v) is 25.3. The second-order valence-corrected chi connectivity index (χ2v) is 12.4. The number of aryl methyl sites for hydroxylation is 1. The van der Waals surface area contributed by atoms with Crippen LogP contribution in [0.4, 0.5) is 28.9 Å². The van der Waals surface area contributed by atoms with Gasteiger partial charge in [-0.05, 0) is 62.3 Å². The van der Waals surface area contributed by atoms with Gasteiger partial charge in [0.1, 0.15) is 6.07 Å². The second kappa shape index (κ2) is 11.3. The van der Waals surface area contributed by atoms with Gasteiger partial charge in [0.05, 0.1) is 39.6 Å². The molecule has 0 radical (unpaired) electrons. The van der Waals surface area contributed by atoms with Crippen molar-refractivity contribution in [3.63, 3.8) is 0 Å². The number of hydrazine groups is 2. The fourth-order valence-electron chi connectivity index (χ4n) is 6.12. The van der Waals surface area contributed by atoms with Crippen LogP contribution >= 0.6 is 11.6 Å². The van der Waals surface area contributed by atoms with Crippen LogP contribution in [-0.4, -0.2) is 26.7 Å². The number of fused-ring (bicyclic) bond motifs is 1. The number of anilines is 2. The van der Waals surface area contributed by atoms with E-state index in [9.17, 15) is 22.8 Å². The van der Waals surface area contributed by atoms with Crippen molar-refractivity contribution in [2.45, 2.75) is 56.4 Å². The Morgan fingerprint density at radius 1 is 1.11 bits per heavy atom. The zero-order valence-electron chi connectivity index (χ0n) is 24.6. The van der Waals surface area contributed by atoms with Crippen molar-refractivity contribution >= 4 is 33.9 Å². The molecule has 0 bridgehead atoms. The molecule has 0 unspecified atom stereocenters. The van der Waals surface area contributed by atoms with E-state index in [-0.39, 0.29) is 18.9 Å². The highest BCUT2D eigenvalue weighted by Crippen LogP contribution is 2.54. The number of aromatic nitrogens is 2. The molecule has 8 nitrogen and oxygen atoms in total. The predicted octanol–water partition coefficient (Wildman–Crippen LogP) is 7.58. The van der Waals surface area contributed by atoms with Gasteiger partial charge in [-0.15, -0.1) is 5.53 Å². The highest BCUT2D eigenvalue weighted by molar-refractivity contribution is 6.35. The summed E-state index contributed by atoms with van der Waals surface area (Å²) < 4.78 is 55.9. The Bertz CT molecular complexity index is 1880. The summed E-state index contributed by atoms with van der Waals surface area (Å²) in [6.45, 7) is 1.63. The van der Waals surface area contributed by atoms with E-state index in [2.05, 4.69) is 49.8 Å². The smallest absolute Gasteiger partial charge is 0.376 e. The van der Waals surface area contributed by atoms with Gasteiger partial charge in [0.15, 0.2) is 5.54 Å². The number of pyridine rings is 2. The predicted molar refractivity (Wildman–Crippen MR) is 167 cm³/mol. The van der Waals surface area contributed by atoms with Crippen molar-refractivity contribution in [3.05, 3.63) is 106 Å². The second-order valence-electron chi connectivity index (χ2n) is 12.0. The highest BCUT2D eigenvalue weighted by Gasteiger charge is 2.67. The summed E-state index contributed by atoms with van der Waals surface area (Å²) in [6.07, 6.45) is 0.464. The molecule has 46 heavy (non-hydrogen) atoms. The van der Waals surface area contributed by atoms with Crippen LogP contribution in [0.15, 0.2) is 72.7 Å². The van der Waals surface area contributed by atoms with Crippen LogP contribution in [-0.2, 0) is 0 Å². The fraction of sp³-hybridized carbons (Fsp3) is 0.303. The minimum atomic E-state index is -4.44. The van der Waals surface area contributed by atoms with E-state index in [0.717, 1.165) is 23.4 Å². The normalized spacial score (nSPS) is 18.4. The zero-order chi connectivity index (χ0) is 32.2. The van der Waals surface area contributed by atoms with Crippen LogP contribution in [0, 0.1) is 30.1 Å². The molecule has 2 aliphatic carbocycles. The first-order chi connectivity index (χ1) is 22.1. The first-order valence-electron chi connectivity index (χ1n) is 14.9. The number of hydrogen-bond donors (Lipinski definition) is 4. The van der Waals surface area contributed by atoms with Gasteiger partial charge in [-0.2, -0.15) is 22.8 Å². The third kappa shape index (κ3) is 5.43. The first-order valence-corrected chi connectivity index (χ1v) is 15.3. The van der Waals surface area contributed by atoms with Gasteiger partial charge in [0.25, 0.3) is 0 Å². The van der Waals surface area contributed by atoms with Crippen molar-refractivity contribution in [2.75, 3.05) is 10.6 Å². The fourth-order valence-corrected chi connectivity index (χ4v) is 6.39. The highest BCUT2D eigenvalue weighted by atomic mass is 35.5. The lowest BCUT2D eigenvalue weighted by Crippen LogP contribution is -2.52. The first kappa shape index (κ1) is 30.1. The van der Waals surface area contributed by atoms with Crippen molar-refractivity contribution < 1.29 is 17.6 Å². The number of benzene rings is 2. The Morgan fingerprint density at radius 3 is 2.52 bits per heavy atom. The molecule has 1 aliphatic heterocycles. The minimum Gasteiger partial charge on any atom is -0.376 e. The Morgan fingerprint density at radius 2 is 1.87 bits per heavy atom. The van der Waals surface area contributed by atoms with Gasteiger partial charge in [0.2, 0.25) is 5.95 Å². The van der Waals surface area contributed by atoms with E-state index in [0.29, 0.717) is 55.7 Å². The van der Waals surface area contributed by atoms with Crippen LogP contribution in [0.1, 0.15) is 60.2 Å². The molecule has 4 N–H and O–H groups in total. The van der Waals surface area contributed by atoms with Crippen molar-refractivity contribution in [3.8, 4) is 6.07 Å². The standard InChI is InChI=1S/C33H29ClF4N8/c1-18-23(9-10-27(35)41-18)31(26-17-46(45-44-26)32(11-12-32)33(36,37)38)42-22-13-24-29(21(15-39)16-40-30(24)25(34)14-22)43-28(20-7-8-20)19-5-3-2-4-6-19/h2-6,9-10,13-14,16-17,20,28,31,42,44-45H,7-8,11-12H2,1H3,(H,40,43)/t28-,31-/m0/s1. The molecule has 2 aromatic carbocycles. The van der Waals surface area contributed by atoms with Crippen molar-refractivity contribution in [2.24, 2.45) is 5.92 Å². The Balaban J connectivity index is 1.30. The molecule has 236 valence electrons. The van der Waals surface area contributed by atoms with Gasteiger partial charge in [0, 0.05) is 34.7 Å². The van der Waals surface area contributed by atoms with Gasteiger partial charge in [-0.25, -0.2) is 4.98 Å². The van der Waals surface area contributed by atoms with Crippen LogP contribution in [0.2, 0.25) is 5.02 Å². The summed E-state index contributed by atoms with van der Waals surface area (Å²) >= 11 is 6.79. The quantitative estimate of drug-likeness (QED) is 0.109. The Labute approximate surface area is 267 Å². The van der Waals surface area contributed by atoms with Gasteiger partial charge < -0.3 is 16.1 Å². The maximum atomic E-state index is 14.0. The molecule has 7 rings (SSSR count). The maximum Gasteiger partial charge on any atom is 0.413 e. The molecule has 0 spiro atoms. The largest absolute Gasteiger partial charge is 0.413 e. The number of halogens is 5. The van der Waals surface area contributed by atoms with Gasteiger partial charge >= 0.3 is 6.18 Å². The van der Waals surface area contributed by atoms with Crippen molar-refractivity contribution in [1.82, 2.24) is 25.9 Å². The van der Waals surface area contributed by atoms with E-state index in [4.69, 9.17) is 11.6 Å². The Hall–Kier alpha value is -4.60. The number of hydrogen-bond acceptors (Lipinski definition) is 8. The molecular weight excluding hydrogens is 620 g/mol. The topological polar surface area (TPSA) is 101 Å². The molecular formula is C33H29ClF4N8. The summed E-state index contributed by atoms with van der Waals surface area (Å²) in [7, 11) is 0. The average Bonchev–Trinajstić information content (AvgIpc) is 3.97. The summed E-state index contributed by atoms with van der Waals surface area (Å²) in [6, 6.07) is 17.7. The number of nitrogens with zero attached hydrogens (tertiary/aromatic N) is 4. The van der Waals surface area contributed by atoms with Crippen LogP contribution < -0.4 is 21.6 Å². The molecule has 2 atom stereocenters. The third-order valence-electron chi connectivity index (χ3n) is 8.92. The van der Waals surface area contributed by atoms with Crippen LogP contribution in [0.25, 0.3) is 10.9 Å². The lowest BCUT2D eigenvalue weighted by atomic mass is 10.00. The molecule has 2 fully saturated rings. The molecule has 13 heteroatoms. The summed E-state index contributed by atoms with van der Waals surface area (Å²) in [5.74, 6) is -0.278. The van der Waals surface area contributed by atoms with Crippen LogP contribution in [0.3, 0.4) is 0 Å². The number of rotatable bonds is 9. The SMILES string of the molecule is Cc1nc(F)ccc1[C@H](Nc1cc(Cl)c2ncc(C#N)c(N[C@@H](c3ccccc3)C3CC3)c2c1)C1=CN(C2(C(F)(F)F)CC2)NN1. The van der Waals surface area contributed by atoms with E-state index in [1.807, 2.05) is 24.3 Å². The van der Waals surface area contributed by atoms with E-state index < -0.39 is 23.7 Å². The lowest BCUT2D eigenvalue weighted by Gasteiger charge is -2.28. The number of nitriles is 1. The molecule has 3 aliphatic rings. The Kier molecular flexibility index (Phi) is 7.41. The summed E-state index contributed by atoms with van der Waals surface area (Å²) in [5.41, 5.74) is 7.81. The maximum absolute atomic E-state index is 14.0. The summed E-state index contributed by atoms with van der Waals surface area (Å²) in [4.78, 5) is 8.44.